The highest BCUT2D eigenvalue weighted by Gasteiger charge is 2.13. The Kier molecular flexibility index (Phi) is 3.44. The van der Waals surface area contributed by atoms with Crippen molar-refractivity contribution < 1.29 is 0 Å². The second-order valence-electron chi connectivity index (χ2n) is 3.88. The molecule has 2 aromatic rings. The van der Waals surface area contributed by atoms with Gasteiger partial charge in [-0.1, -0.05) is 6.07 Å². The summed E-state index contributed by atoms with van der Waals surface area (Å²) in [4.78, 5) is 4.35. The van der Waals surface area contributed by atoms with Crippen LogP contribution in [0.5, 0.6) is 0 Å². The number of nitrogens with two attached hydrogens (primary N) is 1. The topological polar surface area (TPSA) is 69.6 Å². The molecule has 0 saturated carbocycles. The fraction of sp³-hybridized carbons (Fsp3) is 0.364. The van der Waals surface area contributed by atoms with Gasteiger partial charge in [-0.25, -0.2) is 4.98 Å². The molecule has 2 aromatic heterocycles. The van der Waals surface area contributed by atoms with Gasteiger partial charge in [-0.05, 0) is 31.7 Å². The molecule has 17 heavy (non-hydrogen) atoms. The minimum atomic E-state index is -0.0412. The standard InChI is InChI=1S/C11H15N5S/c1-7(12)9-5-4-6-13-10(9)17-11-15-14-8(2)16(11)3/h4-7H,12H2,1-3H3/t7-/m1/s1. The van der Waals surface area contributed by atoms with Crippen molar-refractivity contribution >= 4 is 11.8 Å². The normalized spacial score (nSPS) is 12.7. The third-order valence-corrected chi connectivity index (χ3v) is 3.60. The highest BCUT2D eigenvalue weighted by atomic mass is 32.2. The Morgan fingerprint density at radius 3 is 2.76 bits per heavy atom. The molecule has 2 N–H and O–H groups in total. The molecule has 0 fully saturated rings. The summed E-state index contributed by atoms with van der Waals surface area (Å²) in [5.41, 5.74) is 6.94. The molecule has 0 aliphatic rings. The summed E-state index contributed by atoms with van der Waals surface area (Å²) in [6.07, 6.45) is 1.76. The van der Waals surface area contributed by atoms with Crippen LogP contribution in [0, 0.1) is 6.92 Å². The number of aromatic nitrogens is 4. The maximum absolute atomic E-state index is 5.92. The van der Waals surface area contributed by atoms with E-state index in [9.17, 15) is 0 Å². The fourth-order valence-electron chi connectivity index (χ4n) is 1.40. The molecule has 6 heteroatoms. The fourth-order valence-corrected chi connectivity index (χ4v) is 2.41. The lowest BCUT2D eigenvalue weighted by Gasteiger charge is -2.10. The zero-order valence-corrected chi connectivity index (χ0v) is 10.9. The van der Waals surface area contributed by atoms with Gasteiger partial charge in [0.2, 0.25) is 0 Å². The van der Waals surface area contributed by atoms with E-state index in [1.165, 1.54) is 11.8 Å². The molecule has 0 aliphatic carbocycles. The molecular formula is C11H15N5S. The lowest BCUT2D eigenvalue weighted by Crippen LogP contribution is -2.07. The highest BCUT2D eigenvalue weighted by Crippen LogP contribution is 2.29. The van der Waals surface area contributed by atoms with E-state index in [1.807, 2.05) is 37.6 Å². The quantitative estimate of drug-likeness (QED) is 0.896. The first-order valence-corrected chi connectivity index (χ1v) is 6.15. The van der Waals surface area contributed by atoms with Crippen LogP contribution in [0.25, 0.3) is 0 Å². The van der Waals surface area contributed by atoms with E-state index in [-0.39, 0.29) is 6.04 Å². The SMILES string of the molecule is Cc1nnc(Sc2ncccc2[C@@H](C)N)n1C. The second-order valence-corrected chi connectivity index (χ2v) is 4.83. The van der Waals surface area contributed by atoms with E-state index >= 15 is 0 Å². The molecule has 0 radical (unpaired) electrons. The summed E-state index contributed by atoms with van der Waals surface area (Å²) in [5.74, 6) is 0.880. The monoisotopic (exact) mass is 249 g/mol. The number of nitrogens with zero attached hydrogens (tertiary/aromatic N) is 4. The van der Waals surface area contributed by atoms with Crippen LogP contribution >= 0.6 is 11.8 Å². The Bertz CT molecular complexity index is 520. The third kappa shape index (κ3) is 2.48. The van der Waals surface area contributed by atoms with Crippen LogP contribution in [0.2, 0.25) is 0 Å². The number of pyridine rings is 1. The van der Waals surface area contributed by atoms with Crippen molar-refractivity contribution in [3.8, 4) is 0 Å². The van der Waals surface area contributed by atoms with Crippen LogP contribution in [-0.4, -0.2) is 19.7 Å². The van der Waals surface area contributed by atoms with E-state index in [4.69, 9.17) is 5.73 Å². The Labute approximate surface area is 104 Å². The number of hydrogen-bond acceptors (Lipinski definition) is 5. The van der Waals surface area contributed by atoms with Crippen molar-refractivity contribution in [2.24, 2.45) is 12.8 Å². The number of hydrogen-bond donors (Lipinski definition) is 1. The van der Waals surface area contributed by atoms with Gasteiger partial charge in [-0.3, -0.25) is 0 Å². The Morgan fingerprint density at radius 2 is 2.18 bits per heavy atom. The van der Waals surface area contributed by atoms with Gasteiger partial charge in [0.15, 0.2) is 5.16 Å². The van der Waals surface area contributed by atoms with Gasteiger partial charge in [0.1, 0.15) is 10.9 Å². The van der Waals surface area contributed by atoms with Crippen LogP contribution in [0.1, 0.15) is 24.4 Å². The van der Waals surface area contributed by atoms with Gasteiger partial charge in [-0.2, -0.15) is 0 Å². The average Bonchev–Trinajstić information content (AvgIpc) is 2.61. The molecule has 2 rings (SSSR count). The van der Waals surface area contributed by atoms with Crippen molar-refractivity contribution in [3.05, 3.63) is 29.7 Å². The molecule has 0 aromatic carbocycles. The maximum atomic E-state index is 5.92. The number of rotatable bonds is 3. The van der Waals surface area contributed by atoms with Crippen molar-refractivity contribution in [2.45, 2.75) is 30.1 Å². The molecule has 0 unspecified atom stereocenters. The lowest BCUT2D eigenvalue weighted by atomic mass is 10.2. The summed E-state index contributed by atoms with van der Waals surface area (Å²) in [6, 6.07) is 3.84. The zero-order chi connectivity index (χ0) is 12.4. The average molecular weight is 249 g/mol. The van der Waals surface area contributed by atoms with Crippen LogP contribution in [-0.2, 0) is 7.05 Å². The largest absolute Gasteiger partial charge is 0.324 e. The van der Waals surface area contributed by atoms with Gasteiger partial charge in [0.25, 0.3) is 0 Å². The molecule has 0 amide bonds. The molecule has 0 saturated heterocycles. The smallest absolute Gasteiger partial charge is 0.197 e. The lowest BCUT2D eigenvalue weighted by molar-refractivity contribution is 0.755. The van der Waals surface area contributed by atoms with E-state index in [0.717, 1.165) is 21.6 Å². The zero-order valence-electron chi connectivity index (χ0n) is 10.1. The minimum Gasteiger partial charge on any atom is -0.324 e. The maximum Gasteiger partial charge on any atom is 0.197 e. The summed E-state index contributed by atoms with van der Waals surface area (Å²) in [6.45, 7) is 3.87. The van der Waals surface area contributed by atoms with E-state index in [1.54, 1.807) is 6.20 Å². The number of aryl methyl sites for hydroxylation is 1. The van der Waals surface area contributed by atoms with E-state index in [0.29, 0.717) is 0 Å². The van der Waals surface area contributed by atoms with Gasteiger partial charge in [-0.15, -0.1) is 10.2 Å². The van der Waals surface area contributed by atoms with Crippen molar-refractivity contribution in [1.82, 2.24) is 19.7 Å². The van der Waals surface area contributed by atoms with E-state index in [2.05, 4.69) is 15.2 Å². The van der Waals surface area contributed by atoms with Crippen molar-refractivity contribution in [2.75, 3.05) is 0 Å². The highest BCUT2D eigenvalue weighted by molar-refractivity contribution is 7.99. The van der Waals surface area contributed by atoms with Crippen molar-refractivity contribution in [3.63, 3.8) is 0 Å². The summed E-state index contributed by atoms with van der Waals surface area (Å²) < 4.78 is 1.93. The van der Waals surface area contributed by atoms with Gasteiger partial charge in [0, 0.05) is 24.8 Å². The summed E-state index contributed by atoms with van der Waals surface area (Å²) in [7, 11) is 1.94. The predicted octanol–water partition coefficient (Wildman–Crippen LogP) is 1.69. The predicted molar refractivity (Wildman–Crippen MR) is 66.7 cm³/mol. The van der Waals surface area contributed by atoms with Crippen LogP contribution in [0.4, 0.5) is 0 Å². The van der Waals surface area contributed by atoms with Crippen LogP contribution in [0.15, 0.2) is 28.5 Å². The van der Waals surface area contributed by atoms with Crippen LogP contribution in [0.3, 0.4) is 0 Å². The summed E-state index contributed by atoms with van der Waals surface area (Å²) in [5, 5.41) is 9.84. The molecule has 1 atom stereocenters. The summed E-state index contributed by atoms with van der Waals surface area (Å²) >= 11 is 1.49. The second kappa shape index (κ2) is 4.85. The van der Waals surface area contributed by atoms with Crippen molar-refractivity contribution in [1.29, 1.82) is 0 Å². The molecule has 2 heterocycles. The van der Waals surface area contributed by atoms with E-state index < -0.39 is 0 Å². The first-order valence-electron chi connectivity index (χ1n) is 5.34. The van der Waals surface area contributed by atoms with Crippen LogP contribution < -0.4 is 5.73 Å². The van der Waals surface area contributed by atoms with Gasteiger partial charge >= 0.3 is 0 Å². The Morgan fingerprint density at radius 1 is 1.41 bits per heavy atom. The molecule has 0 spiro atoms. The first-order chi connectivity index (χ1) is 8.09. The third-order valence-electron chi connectivity index (χ3n) is 2.53. The molecule has 0 bridgehead atoms. The molecular weight excluding hydrogens is 234 g/mol. The first kappa shape index (κ1) is 12.1. The Balaban J connectivity index is 2.33. The van der Waals surface area contributed by atoms with Gasteiger partial charge < -0.3 is 10.3 Å². The van der Waals surface area contributed by atoms with Gasteiger partial charge in [0.05, 0.1) is 0 Å². The minimum absolute atomic E-state index is 0.0412. The molecule has 90 valence electrons. The molecule has 5 nitrogen and oxygen atoms in total. The Hall–Kier alpha value is -1.40. The molecule has 0 aliphatic heterocycles.